The first kappa shape index (κ1) is 20.9. The molecule has 1 aliphatic rings. The van der Waals surface area contributed by atoms with Crippen molar-refractivity contribution in [2.45, 2.75) is 45.8 Å². The molecule has 1 aliphatic carbocycles. The number of ether oxygens (including phenoxy) is 1. The number of amides is 1. The summed E-state index contributed by atoms with van der Waals surface area (Å²) in [5.41, 5.74) is 3.31. The Morgan fingerprint density at radius 3 is 2.60 bits per heavy atom. The average molecular weight is 402 g/mol. The van der Waals surface area contributed by atoms with Crippen LogP contribution in [0.4, 0.5) is 5.69 Å². The minimum absolute atomic E-state index is 0.178. The molecule has 30 heavy (non-hydrogen) atoms. The van der Waals surface area contributed by atoms with E-state index in [1.807, 2.05) is 32.1 Å². The molecule has 1 heterocycles. The summed E-state index contributed by atoms with van der Waals surface area (Å²) >= 11 is 0. The van der Waals surface area contributed by atoms with Crippen LogP contribution in [0, 0.1) is 36.5 Å². The lowest BCUT2D eigenvalue weighted by Crippen LogP contribution is -2.30. The predicted octanol–water partition coefficient (Wildman–Crippen LogP) is 3.79. The van der Waals surface area contributed by atoms with Crippen molar-refractivity contribution in [1.29, 1.82) is 10.5 Å². The summed E-state index contributed by atoms with van der Waals surface area (Å²) in [5, 5.41) is 21.1. The number of carbonyl (C=O) groups is 2. The SMILES string of the molecule is Cc1cc(/C=C(\C#N)C(=O)O[C@@H](C)C(=O)Nc2ccccc2C#N)c(C)n1C1CC1. The lowest BCUT2D eigenvalue weighted by molar-refractivity contribution is -0.148. The highest BCUT2D eigenvalue weighted by Gasteiger charge is 2.27. The number of aryl methyl sites for hydroxylation is 1. The number of esters is 1. The van der Waals surface area contributed by atoms with Gasteiger partial charge in [-0.3, -0.25) is 4.79 Å². The average Bonchev–Trinajstić information content (AvgIpc) is 3.51. The van der Waals surface area contributed by atoms with Crippen molar-refractivity contribution in [2.24, 2.45) is 0 Å². The van der Waals surface area contributed by atoms with Crippen molar-refractivity contribution >= 4 is 23.6 Å². The third-order valence-electron chi connectivity index (χ3n) is 5.03. The quantitative estimate of drug-likeness (QED) is 0.449. The van der Waals surface area contributed by atoms with Crippen molar-refractivity contribution in [2.75, 3.05) is 5.32 Å². The number of para-hydroxylation sites is 1. The van der Waals surface area contributed by atoms with Gasteiger partial charge in [-0.25, -0.2) is 4.79 Å². The van der Waals surface area contributed by atoms with Crippen LogP contribution in [0.2, 0.25) is 0 Å². The molecule has 1 fully saturated rings. The molecule has 1 amide bonds. The summed E-state index contributed by atoms with van der Waals surface area (Å²) in [6.45, 7) is 5.37. The lowest BCUT2D eigenvalue weighted by atomic mass is 10.1. The van der Waals surface area contributed by atoms with Crippen LogP contribution in [0.25, 0.3) is 6.08 Å². The van der Waals surface area contributed by atoms with E-state index in [4.69, 9.17) is 10.00 Å². The van der Waals surface area contributed by atoms with Gasteiger partial charge in [-0.1, -0.05) is 12.1 Å². The summed E-state index contributed by atoms with van der Waals surface area (Å²) < 4.78 is 7.41. The topological polar surface area (TPSA) is 108 Å². The van der Waals surface area contributed by atoms with Crippen LogP contribution in [0.5, 0.6) is 0 Å². The van der Waals surface area contributed by atoms with E-state index in [1.54, 1.807) is 24.3 Å². The number of rotatable bonds is 6. The van der Waals surface area contributed by atoms with E-state index >= 15 is 0 Å². The predicted molar refractivity (Wildman–Crippen MR) is 111 cm³/mol. The molecule has 0 saturated heterocycles. The number of nitrogens with one attached hydrogen (secondary N) is 1. The molecule has 1 aromatic heterocycles. The van der Waals surface area contributed by atoms with Gasteiger partial charge in [0.05, 0.1) is 11.3 Å². The number of hydrogen-bond acceptors (Lipinski definition) is 5. The van der Waals surface area contributed by atoms with E-state index < -0.39 is 18.0 Å². The molecule has 1 atom stereocenters. The molecule has 3 rings (SSSR count). The van der Waals surface area contributed by atoms with Crippen molar-refractivity contribution < 1.29 is 14.3 Å². The van der Waals surface area contributed by atoms with Gasteiger partial charge in [0, 0.05) is 17.4 Å². The van der Waals surface area contributed by atoms with E-state index in [1.165, 1.54) is 13.0 Å². The Bertz CT molecular complexity index is 1110. The highest BCUT2D eigenvalue weighted by Crippen LogP contribution is 2.38. The maximum absolute atomic E-state index is 12.5. The Hall–Kier alpha value is -3.84. The van der Waals surface area contributed by atoms with E-state index in [0.717, 1.165) is 29.8 Å². The zero-order valence-corrected chi connectivity index (χ0v) is 17.1. The fraction of sp³-hybridized carbons (Fsp3) is 0.304. The second-order valence-electron chi connectivity index (χ2n) is 7.29. The number of hydrogen-bond donors (Lipinski definition) is 1. The molecule has 0 bridgehead atoms. The van der Waals surface area contributed by atoms with Gasteiger partial charge in [0.15, 0.2) is 6.10 Å². The van der Waals surface area contributed by atoms with Crippen LogP contribution in [0.3, 0.4) is 0 Å². The Kier molecular flexibility index (Phi) is 6.03. The molecule has 1 aromatic carbocycles. The molecule has 1 saturated carbocycles. The van der Waals surface area contributed by atoms with Crippen LogP contribution >= 0.6 is 0 Å². The third kappa shape index (κ3) is 4.42. The summed E-state index contributed by atoms with van der Waals surface area (Å²) in [6.07, 6.45) is 2.63. The van der Waals surface area contributed by atoms with Gasteiger partial charge in [-0.15, -0.1) is 0 Å². The molecule has 1 N–H and O–H groups in total. The van der Waals surface area contributed by atoms with Gasteiger partial charge < -0.3 is 14.6 Å². The van der Waals surface area contributed by atoms with E-state index in [9.17, 15) is 14.9 Å². The number of carbonyl (C=O) groups excluding carboxylic acids is 2. The van der Waals surface area contributed by atoms with Gasteiger partial charge >= 0.3 is 5.97 Å². The first-order valence-electron chi connectivity index (χ1n) is 9.67. The van der Waals surface area contributed by atoms with Crippen molar-refractivity contribution in [3.05, 3.63) is 58.4 Å². The Balaban J connectivity index is 1.71. The van der Waals surface area contributed by atoms with Crippen LogP contribution in [0.1, 0.15) is 48.3 Å². The van der Waals surface area contributed by atoms with Crippen LogP contribution in [0.15, 0.2) is 35.9 Å². The molecule has 152 valence electrons. The minimum Gasteiger partial charge on any atom is -0.448 e. The van der Waals surface area contributed by atoms with Crippen molar-refractivity contribution in [1.82, 2.24) is 4.57 Å². The van der Waals surface area contributed by atoms with Crippen LogP contribution in [-0.2, 0) is 14.3 Å². The molecular weight excluding hydrogens is 380 g/mol. The number of benzene rings is 1. The van der Waals surface area contributed by atoms with Gasteiger partial charge in [-0.2, -0.15) is 10.5 Å². The number of anilines is 1. The fourth-order valence-corrected chi connectivity index (χ4v) is 3.34. The summed E-state index contributed by atoms with van der Waals surface area (Å²) in [7, 11) is 0. The maximum atomic E-state index is 12.5. The largest absolute Gasteiger partial charge is 0.448 e. The molecule has 7 nitrogen and oxygen atoms in total. The van der Waals surface area contributed by atoms with Crippen molar-refractivity contribution in [3.63, 3.8) is 0 Å². The number of nitrogens with zero attached hydrogens (tertiary/aromatic N) is 3. The highest BCUT2D eigenvalue weighted by atomic mass is 16.5. The Morgan fingerprint density at radius 2 is 1.97 bits per heavy atom. The van der Waals surface area contributed by atoms with E-state index in [-0.39, 0.29) is 5.57 Å². The zero-order chi connectivity index (χ0) is 21.8. The molecule has 0 radical (unpaired) electrons. The van der Waals surface area contributed by atoms with Crippen LogP contribution in [-0.4, -0.2) is 22.5 Å². The Labute approximate surface area is 175 Å². The Morgan fingerprint density at radius 1 is 1.27 bits per heavy atom. The molecular formula is C23H22N4O3. The molecule has 0 spiro atoms. The van der Waals surface area contributed by atoms with Gasteiger partial charge in [0.2, 0.25) is 0 Å². The molecule has 0 unspecified atom stereocenters. The molecule has 0 aliphatic heterocycles. The van der Waals surface area contributed by atoms with Crippen molar-refractivity contribution in [3.8, 4) is 12.1 Å². The van der Waals surface area contributed by atoms with Crippen LogP contribution < -0.4 is 5.32 Å². The normalized spacial score (nSPS) is 14.4. The second-order valence-corrected chi connectivity index (χ2v) is 7.29. The molecule has 7 heteroatoms. The smallest absolute Gasteiger partial charge is 0.349 e. The number of aromatic nitrogens is 1. The third-order valence-corrected chi connectivity index (χ3v) is 5.03. The summed E-state index contributed by atoms with van der Waals surface area (Å²) in [5.74, 6) is -1.46. The monoisotopic (exact) mass is 402 g/mol. The van der Waals surface area contributed by atoms with Gasteiger partial charge in [0.25, 0.3) is 5.91 Å². The lowest BCUT2D eigenvalue weighted by Gasteiger charge is -2.14. The van der Waals surface area contributed by atoms with Gasteiger partial charge in [0.1, 0.15) is 17.7 Å². The first-order valence-corrected chi connectivity index (χ1v) is 9.67. The van der Waals surface area contributed by atoms with Gasteiger partial charge in [-0.05, 0) is 63.5 Å². The highest BCUT2D eigenvalue weighted by molar-refractivity contribution is 6.01. The van der Waals surface area contributed by atoms with E-state index in [0.29, 0.717) is 17.3 Å². The standard InChI is InChI=1S/C23H22N4O3/c1-14-10-18(15(2)27(14)20-8-9-20)11-19(13-25)23(29)30-16(3)22(28)26-21-7-5-4-6-17(21)12-24/h4-7,10-11,16,20H,8-9H2,1-3H3,(H,26,28)/b19-11+/t16-/m0/s1. The summed E-state index contributed by atoms with van der Waals surface area (Å²) in [4.78, 5) is 24.8. The zero-order valence-electron chi connectivity index (χ0n) is 17.1. The maximum Gasteiger partial charge on any atom is 0.349 e. The summed E-state index contributed by atoms with van der Waals surface area (Å²) in [6, 6.07) is 12.8. The fourth-order valence-electron chi connectivity index (χ4n) is 3.34. The molecule has 2 aromatic rings. The second kappa shape index (κ2) is 8.67. The minimum atomic E-state index is -1.14. The van der Waals surface area contributed by atoms with E-state index in [2.05, 4.69) is 9.88 Å². The first-order chi connectivity index (χ1) is 14.3. The number of nitriles is 2.